The Morgan fingerprint density at radius 3 is 2.84 bits per heavy atom. The Balaban J connectivity index is 2.12. The van der Waals surface area contributed by atoms with Crippen LogP contribution < -0.4 is 5.32 Å². The molecule has 0 aliphatic carbocycles. The molecule has 3 nitrogen and oxygen atoms in total. The summed E-state index contributed by atoms with van der Waals surface area (Å²) in [6.07, 6.45) is 3.80. The Hall–Kier alpha value is -1.35. The van der Waals surface area contributed by atoms with Crippen molar-refractivity contribution in [2.24, 2.45) is 7.05 Å². The molecular formula is C16H23N3. The van der Waals surface area contributed by atoms with Crippen LogP contribution in [-0.4, -0.2) is 16.1 Å². The number of aromatic nitrogens is 2. The van der Waals surface area contributed by atoms with Gasteiger partial charge in [-0.25, -0.2) is 4.98 Å². The van der Waals surface area contributed by atoms with Gasteiger partial charge in [-0.1, -0.05) is 32.4 Å². The number of imidazole rings is 1. The van der Waals surface area contributed by atoms with E-state index in [9.17, 15) is 0 Å². The molecule has 0 spiro atoms. The lowest BCUT2D eigenvalue weighted by Gasteiger charge is -2.23. The summed E-state index contributed by atoms with van der Waals surface area (Å²) in [7, 11) is 2.16. The Morgan fingerprint density at radius 1 is 1.32 bits per heavy atom. The van der Waals surface area contributed by atoms with E-state index >= 15 is 0 Å². The van der Waals surface area contributed by atoms with Crippen molar-refractivity contribution >= 4 is 11.0 Å². The monoisotopic (exact) mass is 257 g/mol. The third-order valence-corrected chi connectivity index (χ3v) is 4.20. The predicted octanol–water partition coefficient (Wildman–Crippen LogP) is 3.51. The third-order valence-electron chi connectivity index (χ3n) is 4.20. The Kier molecular flexibility index (Phi) is 3.31. The number of piperidine rings is 1. The van der Waals surface area contributed by atoms with Crippen LogP contribution in [0.5, 0.6) is 0 Å². The van der Waals surface area contributed by atoms with Crippen molar-refractivity contribution in [3.05, 3.63) is 29.6 Å². The van der Waals surface area contributed by atoms with E-state index in [0.717, 1.165) is 12.1 Å². The molecule has 1 N–H and O–H groups in total. The molecule has 0 radical (unpaired) electrons. The van der Waals surface area contributed by atoms with Crippen LogP contribution in [0.25, 0.3) is 11.0 Å². The molecule has 2 aromatic rings. The second-order valence-electron chi connectivity index (χ2n) is 5.90. The van der Waals surface area contributed by atoms with Gasteiger partial charge >= 0.3 is 0 Å². The zero-order valence-corrected chi connectivity index (χ0v) is 12.1. The lowest BCUT2D eigenvalue weighted by molar-refractivity contribution is 0.391. The molecular weight excluding hydrogens is 234 g/mol. The number of rotatable bonds is 2. The number of aryl methyl sites for hydroxylation is 1. The van der Waals surface area contributed by atoms with E-state index in [0.29, 0.717) is 12.0 Å². The fourth-order valence-electron chi connectivity index (χ4n) is 3.17. The van der Waals surface area contributed by atoms with Crippen LogP contribution in [0.2, 0.25) is 0 Å². The van der Waals surface area contributed by atoms with Gasteiger partial charge in [0.2, 0.25) is 0 Å². The second-order valence-corrected chi connectivity index (χ2v) is 5.90. The molecule has 1 aromatic heterocycles. The fourth-order valence-corrected chi connectivity index (χ4v) is 3.17. The minimum absolute atomic E-state index is 0.422. The first-order valence-corrected chi connectivity index (χ1v) is 7.37. The number of nitrogens with one attached hydrogen (secondary N) is 1. The largest absolute Gasteiger partial charge is 0.330 e. The number of fused-ring (bicyclic) bond motifs is 1. The predicted molar refractivity (Wildman–Crippen MR) is 79.4 cm³/mol. The number of hydrogen-bond acceptors (Lipinski definition) is 2. The summed E-state index contributed by atoms with van der Waals surface area (Å²) in [5.41, 5.74) is 3.84. The molecule has 2 heterocycles. The minimum atomic E-state index is 0.422. The standard InChI is InChI=1S/C16H23N3/c1-11(2)12-7-6-9-13-15(12)19(3)16(18-13)14-8-4-5-10-17-14/h6-7,9,11,14,17H,4-5,8,10H2,1-3H3. The summed E-state index contributed by atoms with van der Waals surface area (Å²) in [5, 5.41) is 3.60. The maximum Gasteiger partial charge on any atom is 0.126 e. The van der Waals surface area contributed by atoms with Crippen molar-refractivity contribution in [2.45, 2.75) is 45.1 Å². The summed E-state index contributed by atoms with van der Waals surface area (Å²) in [5.74, 6) is 1.73. The Morgan fingerprint density at radius 2 is 2.16 bits per heavy atom. The maximum atomic E-state index is 4.88. The number of hydrogen-bond donors (Lipinski definition) is 1. The molecule has 1 aromatic carbocycles. The first-order chi connectivity index (χ1) is 9.18. The molecule has 1 aliphatic heterocycles. The molecule has 1 atom stereocenters. The van der Waals surface area contributed by atoms with Gasteiger partial charge in [0.15, 0.2) is 0 Å². The number of nitrogens with zero attached hydrogens (tertiary/aromatic N) is 2. The van der Waals surface area contributed by atoms with Gasteiger partial charge in [-0.3, -0.25) is 0 Å². The zero-order chi connectivity index (χ0) is 13.4. The van der Waals surface area contributed by atoms with Gasteiger partial charge in [-0.05, 0) is 36.9 Å². The van der Waals surface area contributed by atoms with Crippen LogP contribution in [0.1, 0.15) is 56.5 Å². The second kappa shape index (κ2) is 4.97. The van der Waals surface area contributed by atoms with E-state index < -0.39 is 0 Å². The molecule has 102 valence electrons. The van der Waals surface area contributed by atoms with Gasteiger partial charge in [0.1, 0.15) is 5.82 Å². The molecule has 1 fully saturated rings. The van der Waals surface area contributed by atoms with E-state index in [-0.39, 0.29) is 0 Å². The maximum absolute atomic E-state index is 4.88. The smallest absolute Gasteiger partial charge is 0.126 e. The molecule has 1 unspecified atom stereocenters. The normalized spacial score (nSPS) is 20.3. The Labute approximate surface area is 115 Å². The molecule has 3 rings (SSSR count). The van der Waals surface area contributed by atoms with E-state index in [4.69, 9.17) is 4.98 Å². The highest BCUT2D eigenvalue weighted by Crippen LogP contribution is 2.29. The van der Waals surface area contributed by atoms with E-state index in [1.807, 2.05) is 0 Å². The van der Waals surface area contributed by atoms with Crippen molar-refractivity contribution in [2.75, 3.05) is 6.54 Å². The van der Waals surface area contributed by atoms with Crippen molar-refractivity contribution in [1.29, 1.82) is 0 Å². The first kappa shape index (κ1) is 12.7. The fraction of sp³-hybridized carbons (Fsp3) is 0.562. The minimum Gasteiger partial charge on any atom is -0.330 e. The van der Waals surface area contributed by atoms with Crippen LogP contribution in [0.15, 0.2) is 18.2 Å². The lowest BCUT2D eigenvalue weighted by Crippen LogP contribution is -2.28. The molecule has 1 saturated heterocycles. The van der Waals surface area contributed by atoms with Gasteiger partial charge in [0.25, 0.3) is 0 Å². The molecule has 3 heteroatoms. The summed E-state index contributed by atoms with van der Waals surface area (Å²) >= 11 is 0. The van der Waals surface area contributed by atoms with Crippen molar-refractivity contribution in [3.8, 4) is 0 Å². The first-order valence-electron chi connectivity index (χ1n) is 7.37. The Bertz CT molecular complexity index is 577. The molecule has 0 amide bonds. The zero-order valence-electron chi connectivity index (χ0n) is 12.1. The highest BCUT2D eigenvalue weighted by atomic mass is 15.1. The van der Waals surface area contributed by atoms with Gasteiger partial charge in [-0.2, -0.15) is 0 Å². The molecule has 1 aliphatic rings. The SMILES string of the molecule is CC(C)c1cccc2nc(C3CCCCN3)n(C)c12. The number of para-hydroxylation sites is 1. The van der Waals surface area contributed by atoms with Gasteiger partial charge < -0.3 is 9.88 Å². The highest BCUT2D eigenvalue weighted by Gasteiger charge is 2.21. The molecule has 19 heavy (non-hydrogen) atoms. The topological polar surface area (TPSA) is 29.9 Å². The van der Waals surface area contributed by atoms with Gasteiger partial charge in [-0.15, -0.1) is 0 Å². The number of benzene rings is 1. The van der Waals surface area contributed by atoms with E-state index in [1.54, 1.807) is 0 Å². The van der Waals surface area contributed by atoms with Crippen LogP contribution >= 0.6 is 0 Å². The summed E-state index contributed by atoms with van der Waals surface area (Å²) in [6, 6.07) is 6.91. The van der Waals surface area contributed by atoms with E-state index in [1.165, 1.54) is 36.2 Å². The van der Waals surface area contributed by atoms with Crippen LogP contribution in [-0.2, 0) is 7.05 Å². The van der Waals surface area contributed by atoms with Gasteiger partial charge in [0, 0.05) is 7.05 Å². The molecule has 0 saturated carbocycles. The van der Waals surface area contributed by atoms with Crippen molar-refractivity contribution in [1.82, 2.24) is 14.9 Å². The van der Waals surface area contributed by atoms with Crippen molar-refractivity contribution < 1.29 is 0 Å². The lowest BCUT2D eigenvalue weighted by atomic mass is 10.0. The summed E-state index contributed by atoms with van der Waals surface area (Å²) < 4.78 is 2.30. The van der Waals surface area contributed by atoms with Crippen LogP contribution in [0, 0.1) is 0 Å². The average Bonchev–Trinajstić information content (AvgIpc) is 2.77. The third kappa shape index (κ3) is 2.16. The quantitative estimate of drug-likeness (QED) is 0.892. The molecule has 0 bridgehead atoms. The van der Waals surface area contributed by atoms with Crippen LogP contribution in [0.3, 0.4) is 0 Å². The summed E-state index contributed by atoms with van der Waals surface area (Å²) in [4.78, 5) is 4.88. The van der Waals surface area contributed by atoms with Crippen LogP contribution in [0.4, 0.5) is 0 Å². The van der Waals surface area contributed by atoms with Crippen molar-refractivity contribution in [3.63, 3.8) is 0 Å². The highest BCUT2D eigenvalue weighted by molar-refractivity contribution is 5.80. The average molecular weight is 257 g/mol. The van der Waals surface area contributed by atoms with E-state index in [2.05, 4.69) is 49.0 Å². The summed E-state index contributed by atoms with van der Waals surface area (Å²) in [6.45, 7) is 5.62. The van der Waals surface area contributed by atoms with Gasteiger partial charge in [0.05, 0.1) is 17.1 Å².